The molecule has 0 aromatic heterocycles. The van der Waals surface area contributed by atoms with Gasteiger partial charge in [0.1, 0.15) is 0 Å². The minimum Gasteiger partial charge on any atom is -0.480 e. The predicted molar refractivity (Wildman–Crippen MR) is 126 cm³/mol. The summed E-state index contributed by atoms with van der Waals surface area (Å²) in [6.45, 7) is 3.51. The Hall–Kier alpha value is -2.77. The minimum atomic E-state index is -1.21. The van der Waals surface area contributed by atoms with Gasteiger partial charge in [0.15, 0.2) is 0 Å². The average Bonchev–Trinajstić information content (AvgIpc) is 2.73. The van der Waals surface area contributed by atoms with E-state index in [1.165, 1.54) is 9.80 Å². The van der Waals surface area contributed by atoms with Crippen LogP contribution in [0.5, 0.6) is 0 Å². The van der Waals surface area contributed by atoms with Crippen molar-refractivity contribution < 1.29 is 44.4 Å². The quantitative estimate of drug-likeness (QED) is 0.151. The van der Waals surface area contributed by atoms with E-state index in [2.05, 4.69) is 0 Å². The standard InChI is InChI=1S/C22H40N4O9/c1-3-5-7-26(8-6-4-2)18(27)13-24(15-20(30)31)11-9-23(14-19(28)29)10-12-25(16-21(32)33)17-22(34)35/h3-17H2,1-2H3,(H,28,29)(H,30,31)(H,32,33)(H,34,35). The Labute approximate surface area is 205 Å². The van der Waals surface area contributed by atoms with Crippen LogP contribution < -0.4 is 0 Å². The molecular formula is C22H40N4O9. The normalized spacial score (nSPS) is 11.2. The number of nitrogens with zero attached hydrogens (tertiary/aromatic N) is 4. The highest BCUT2D eigenvalue weighted by Crippen LogP contribution is 2.03. The van der Waals surface area contributed by atoms with Gasteiger partial charge >= 0.3 is 23.9 Å². The summed E-state index contributed by atoms with van der Waals surface area (Å²) < 4.78 is 0. The molecule has 0 spiro atoms. The van der Waals surface area contributed by atoms with Crippen LogP contribution in [-0.4, -0.2) is 142 Å². The Balaban J connectivity index is 5.22. The molecule has 0 saturated heterocycles. The van der Waals surface area contributed by atoms with E-state index in [9.17, 15) is 34.2 Å². The van der Waals surface area contributed by atoms with E-state index in [1.54, 1.807) is 4.90 Å². The van der Waals surface area contributed by atoms with Crippen LogP contribution >= 0.6 is 0 Å². The van der Waals surface area contributed by atoms with Crippen molar-refractivity contribution in [2.45, 2.75) is 39.5 Å². The summed E-state index contributed by atoms with van der Waals surface area (Å²) in [6.07, 6.45) is 3.51. The first-order valence-electron chi connectivity index (χ1n) is 11.8. The van der Waals surface area contributed by atoms with E-state index in [4.69, 9.17) is 10.2 Å². The van der Waals surface area contributed by atoms with Crippen molar-refractivity contribution in [1.82, 2.24) is 19.6 Å². The molecule has 202 valence electrons. The van der Waals surface area contributed by atoms with Crippen molar-refractivity contribution in [3.8, 4) is 0 Å². The molecule has 0 aliphatic rings. The van der Waals surface area contributed by atoms with Crippen LogP contribution in [0.15, 0.2) is 0 Å². The summed E-state index contributed by atoms with van der Waals surface area (Å²) in [5, 5.41) is 36.4. The lowest BCUT2D eigenvalue weighted by Crippen LogP contribution is -2.47. The van der Waals surface area contributed by atoms with Gasteiger partial charge in [0.2, 0.25) is 5.91 Å². The van der Waals surface area contributed by atoms with E-state index in [1.807, 2.05) is 13.8 Å². The van der Waals surface area contributed by atoms with Crippen molar-refractivity contribution in [3.63, 3.8) is 0 Å². The molecule has 0 aliphatic heterocycles. The molecule has 0 unspecified atom stereocenters. The Kier molecular flexibility index (Phi) is 17.1. The van der Waals surface area contributed by atoms with Gasteiger partial charge in [-0.15, -0.1) is 0 Å². The van der Waals surface area contributed by atoms with Gasteiger partial charge in [-0.3, -0.25) is 38.7 Å². The second-order valence-corrected chi connectivity index (χ2v) is 8.36. The second kappa shape index (κ2) is 18.5. The lowest BCUT2D eigenvalue weighted by Gasteiger charge is -2.29. The molecule has 1 amide bonds. The fraction of sp³-hybridized carbons (Fsp3) is 0.773. The third kappa shape index (κ3) is 17.3. The molecule has 13 heteroatoms. The van der Waals surface area contributed by atoms with Gasteiger partial charge in [0.05, 0.1) is 32.7 Å². The Morgan fingerprint density at radius 2 is 0.800 bits per heavy atom. The first-order chi connectivity index (χ1) is 16.5. The molecule has 0 heterocycles. The number of hydrogen-bond donors (Lipinski definition) is 4. The number of rotatable bonds is 22. The van der Waals surface area contributed by atoms with Crippen molar-refractivity contribution >= 4 is 29.8 Å². The van der Waals surface area contributed by atoms with E-state index in [0.29, 0.717) is 13.1 Å². The molecule has 4 N–H and O–H groups in total. The number of carbonyl (C=O) groups is 5. The number of hydrogen-bond acceptors (Lipinski definition) is 8. The molecule has 13 nitrogen and oxygen atoms in total. The van der Waals surface area contributed by atoms with Crippen LogP contribution in [0.2, 0.25) is 0 Å². The van der Waals surface area contributed by atoms with Crippen molar-refractivity contribution in [2.24, 2.45) is 0 Å². The third-order valence-electron chi connectivity index (χ3n) is 5.18. The number of carbonyl (C=O) groups excluding carboxylic acids is 1. The molecule has 0 rings (SSSR count). The maximum Gasteiger partial charge on any atom is 0.317 e. The zero-order valence-corrected chi connectivity index (χ0v) is 20.7. The van der Waals surface area contributed by atoms with Gasteiger partial charge in [-0.25, -0.2) is 0 Å². The molecule has 0 atom stereocenters. The van der Waals surface area contributed by atoms with Crippen LogP contribution in [-0.2, 0) is 24.0 Å². The summed E-state index contributed by atoms with van der Waals surface area (Å²) in [4.78, 5) is 63.3. The van der Waals surface area contributed by atoms with Crippen LogP contribution in [0.1, 0.15) is 39.5 Å². The lowest BCUT2D eigenvalue weighted by atomic mass is 10.2. The fourth-order valence-electron chi connectivity index (χ4n) is 3.38. The summed E-state index contributed by atoms with van der Waals surface area (Å²) >= 11 is 0. The number of carboxylic acids is 4. The summed E-state index contributed by atoms with van der Waals surface area (Å²) in [7, 11) is 0. The largest absolute Gasteiger partial charge is 0.480 e. The van der Waals surface area contributed by atoms with Crippen molar-refractivity contribution in [2.75, 3.05) is 72.0 Å². The zero-order valence-electron chi connectivity index (χ0n) is 20.7. The molecule has 35 heavy (non-hydrogen) atoms. The van der Waals surface area contributed by atoms with Crippen molar-refractivity contribution in [3.05, 3.63) is 0 Å². The SMILES string of the molecule is CCCCN(CCCC)C(=O)CN(CCN(CCN(CC(=O)O)CC(=O)O)CC(=O)O)CC(=O)O. The maximum atomic E-state index is 12.9. The number of carboxylic acid groups (broad SMARTS) is 4. The Bertz CT molecular complexity index is 666. The lowest BCUT2D eigenvalue weighted by molar-refractivity contribution is -0.143. The highest BCUT2D eigenvalue weighted by Gasteiger charge is 2.21. The van der Waals surface area contributed by atoms with Crippen LogP contribution in [0.4, 0.5) is 0 Å². The van der Waals surface area contributed by atoms with Gasteiger partial charge in [-0.05, 0) is 12.8 Å². The molecule has 0 aromatic rings. The smallest absolute Gasteiger partial charge is 0.317 e. The third-order valence-corrected chi connectivity index (χ3v) is 5.18. The maximum absolute atomic E-state index is 12.9. The predicted octanol–water partition coefficient (Wildman–Crippen LogP) is -0.340. The van der Waals surface area contributed by atoms with E-state index in [0.717, 1.165) is 30.6 Å². The van der Waals surface area contributed by atoms with Gasteiger partial charge in [0.25, 0.3) is 0 Å². The fourth-order valence-corrected chi connectivity index (χ4v) is 3.38. The highest BCUT2D eigenvalue weighted by molar-refractivity contribution is 5.79. The molecule has 0 aromatic carbocycles. The minimum absolute atomic E-state index is 0.00838. The zero-order chi connectivity index (χ0) is 26.8. The number of unbranched alkanes of at least 4 members (excludes halogenated alkanes) is 2. The Morgan fingerprint density at radius 1 is 0.486 bits per heavy atom. The molecule has 0 radical (unpaired) electrons. The van der Waals surface area contributed by atoms with Crippen LogP contribution in [0.3, 0.4) is 0 Å². The molecule has 0 fully saturated rings. The number of aliphatic carboxylic acids is 4. The van der Waals surface area contributed by atoms with E-state index < -0.39 is 50.1 Å². The molecule has 0 bridgehead atoms. The second-order valence-electron chi connectivity index (χ2n) is 8.36. The van der Waals surface area contributed by atoms with Gasteiger partial charge < -0.3 is 25.3 Å². The monoisotopic (exact) mass is 504 g/mol. The molecular weight excluding hydrogens is 464 g/mol. The summed E-state index contributed by atoms with van der Waals surface area (Å²) in [5.74, 6) is -4.87. The molecule has 0 saturated carbocycles. The van der Waals surface area contributed by atoms with Crippen LogP contribution in [0.25, 0.3) is 0 Å². The first-order valence-corrected chi connectivity index (χ1v) is 11.8. The van der Waals surface area contributed by atoms with Gasteiger partial charge in [-0.1, -0.05) is 26.7 Å². The van der Waals surface area contributed by atoms with Gasteiger partial charge in [0, 0.05) is 39.3 Å². The topological polar surface area (TPSA) is 179 Å². The first kappa shape index (κ1) is 32.2. The van der Waals surface area contributed by atoms with E-state index >= 15 is 0 Å². The van der Waals surface area contributed by atoms with Crippen molar-refractivity contribution in [1.29, 1.82) is 0 Å². The van der Waals surface area contributed by atoms with Gasteiger partial charge in [-0.2, -0.15) is 0 Å². The summed E-state index contributed by atoms with van der Waals surface area (Å²) in [5.41, 5.74) is 0. The average molecular weight is 505 g/mol. The summed E-state index contributed by atoms with van der Waals surface area (Å²) in [6, 6.07) is 0. The van der Waals surface area contributed by atoms with Crippen LogP contribution in [0, 0.1) is 0 Å². The Morgan fingerprint density at radius 3 is 1.14 bits per heavy atom. The van der Waals surface area contributed by atoms with E-state index in [-0.39, 0.29) is 38.6 Å². The number of amides is 1. The highest BCUT2D eigenvalue weighted by atomic mass is 16.4. The molecule has 0 aliphatic carbocycles.